The summed E-state index contributed by atoms with van der Waals surface area (Å²) in [7, 11) is 1.82. The quantitative estimate of drug-likeness (QED) is 0.809. The lowest BCUT2D eigenvalue weighted by Crippen LogP contribution is -2.33. The predicted octanol–water partition coefficient (Wildman–Crippen LogP) is 2.07. The number of ketones is 1. The molecule has 6 nitrogen and oxygen atoms in total. The fourth-order valence-electron chi connectivity index (χ4n) is 3.04. The molecule has 1 unspecified atom stereocenters. The minimum atomic E-state index is 0.134. The molecule has 0 N–H and O–H groups in total. The molecule has 1 aliphatic heterocycles. The molecule has 2 aromatic rings. The molecule has 6 heteroatoms. The maximum atomic E-state index is 12.4. The molecule has 3 rings (SSSR count). The molecular formula is C16H21N5O. The van der Waals surface area contributed by atoms with Gasteiger partial charge in [0.1, 0.15) is 0 Å². The maximum absolute atomic E-state index is 12.4. The van der Waals surface area contributed by atoms with Crippen molar-refractivity contribution in [3.63, 3.8) is 0 Å². The lowest BCUT2D eigenvalue weighted by atomic mass is 10.0. The molecule has 0 amide bonds. The third-order valence-electron chi connectivity index (χ3n) is 4.05. The smallest absolute Gasteiger partial charge is 0.226 e. The van der Waals surface area contributed by atoms with Gasteiger partial charge in [0, 0.05) is 43.6 Å². The van der Waals surface area contributed by atoms with Crippen LogP contribution in [0, 0.1) is 13.8 Å². The second kappa shape index (κ2) is 5.87. The minimum Gasteiger partial charge on any atom is -0.337 e. The van der Waals surface area contributed by atoms with Gasteiger partial charge >= 0.3 is 0 Å². The molecule has 1 aliphatic rings. The zero-order valence-electron chi connectivity index (χ0n) is 13.3. The number of carbonyl (C=O) groups is 1. The van der Waals surface area contributed by atoms with Crippen molar-refractivity contribution in [2.75, 3.05) is 11.4 Å². The Labute approximate surface area is 130 Å². The largest absolute Gasteiger partial charge is 0.337 e. The van der Waals surface area contributed by atoms with Gasteiger partial charge < -0.3 is 4.90 Å². The standard InChI is InChI=1S/C16H21N5O/c1-11-7-12(2)19-16(18-11)21-6-4-5-14(21)8-15(22)13-9-17-20(3)10-13/h7,9-10,14H,4-6,8H2,1-3H3. The second-order valence-corrected chi connectivity index (χ2v) is 5.97. The van der Waals surface area contributed by atoms with Crippen molar-refractivity contribution in [1.82, 2.24) is 19.7 Å². The second-order valence-electron chi connectivity index (χ2n) is 5.97. The Hall–Kier alpha value is -2.24. The summed E-state index contributed by atoms with van der Waals surface area (Å²) in [5, 5.41) is 4.07. The third-order valence-corrected chi connectivity index (χ3v) is 4.05. The van der Waals surface area contributed by atoms with Gasteiger partial charge in [0.25, 0.3) is 0 Å². The van der Waals surface area contributed by atoms with E-state index in [1.165, 1.54) is 0 Å². The van der Waals surface area contributed by atoms with Gasteiger partial charge in [-0.3, -0.25) is 9.48 Å². The van der Waals surface area contributed by atoms with E-state index < -0.39 is 0 Å². The molecule has 0 spiro atoms. The van der Waals surface area contributed by atoms with Crippen molar-refractivity contribution in [1.29, 1.82) is 0 Å². The lowest BCUT2D eigenvalue weighted by Gasteiger charge is -2.24. The number of carbonyl (C=O) groups excluding carboxylic acids is 1. The summed E-state index contributed by atoms with van der Waals surface area (Å²) in [5.41, 5.74) is 2.61. The van der Waals surface area contributed by atoms with Crippen molar-refractivity contribution in [3.8, 4) is 0 Å². The highest BCUT2D eigenvalue weighted by Gasteiger charge is 2.29. The molecule has 0 bridgehead atoms. The lowest BCUT2D eigenvalue weighted by molar-refractivity contribution is 0.0974. The first-order valence-corrected chi connectivity index (χ1v) is 7.63. The summed E-state index contributed by atoms with van der Waals surface area (Å²) in [4.78, 5) is 23.7. The molecular weight excluding hydrogens is 278 g/mol. The molecule has 1 saturated heterocycles. The van der Waals surface area contributed by atoms with Gasteiger partial charge in [-0.25, -0.2) is 9.97 Å². The van der Waals surface area contributed by atoms with Crippen LogP contribution in [-0.4, -0.2) is 38.1 Å². The van der Waals surface area contributed by atoms with Crippen molar-refractivity contribution in [2.24, 2.45) is 7.05 Å². The Bertz CT molecular complexity index is 673. The highest BCUT2D eigenvalue weighted by atomic mass is 16.1. The molecule has 1 atom stereocenters. The Balaban J connectivity index is 1.77. The summed E-state index contributed by atoms with van der Waals surface area (Å²) in [6.45, 7) is 4.86. The Morgan fingerprint density at radius 1 is 1.32 bits per heavy atom. The molecule has 0 aliphatic carbocycles. The third kappa shape index (κ3) is 3.00. The van der Waals surface area contributed by atoms with Gasteiger partial charge in [-0.05, 0) is 32.8 Å². The Morgan fingerprint density at radius 2 is 2.05 bits per heavy atom. The number of aryl methyl sites for hydroxylation is 3. The zero-order valence-corrected chi connectivity index (χ0v) is 13.3. The van der Waals surface area contributed by atoms with E-state index in [9.17, 15) is 4.79 Å². The Kier molecular flexibility index (Phi) is 3.92. The van der Waals surface area contributed by atoms with Crippen LogP contribution in [0.3, 0.4) is 0 Å². The molecule has 3 heterocycles. The van der Waals surface area contributed by atoms with E-state index >= 15 is 0 Å². The van der Waals surface area contributed by atoms with Crippen molar-refractivity contribution in [3.05, 3.63) is 35.4 Å². The monoisotopic (exact) mass is 299 g/mol. The van der Waals surface area contributed by atoms with E-state index in [2.05, 4.69) is 20.0 Å². The highest BCUT2D eigenvalue weighted by Crippen LogP contribution is 2.26. The van der Waals surface area contributed by atoms with Crippen LogP contribution in [0.25, 0.3) is 0 Å². The van der Waals surface area contributed by atoms with Crippen LogP contribution < -0.4 is 4.90 Å². The van der Waals surface area contributed by atoms with Crippen LogP contribution in [0.4, 0.5) is 5.95 Å². The van der Waals surface area contributed by atoms with E-state index in [1.54, 1.807) is 17.1 Å². The van der Waals surface area contributed by atoms with Crippen LogP contribution >= 0.6 is 0 Å². The average Bonchev–Trinajstić information content (AvgIpc) is 3.06. The van der Waals surface area contributed by atoms with Crippen molar-refractivity contribution < 1.29 is 4.79 Å². The van der Waals surface area contributed by atoms with Crippen LogP contribution in [0.2, 0.25) is 0 Å². The minimum absolute atomic E-state index is 0.134. The first-order chi connectivity index (χ1) is 10.5. The first kappa shape index (κ1) is 14.7. The van der Waals surface area contributed by atoms with Crippen LogP contribution in [0.1, 0.15) is 41.0 Å². The topological polar surface area (TPSA) is 63.9 Å². The normalized spacial score (nSPS) is 18.0. The fraction of sp³-hybridized carbons (Fsp3) is 0.500. The predicted molar refractivity (Wildman–Crippen MR) is 84.0 cm³/mol. The van der Waals surface area contributed by atoms with Gasteiger partial charge in [0.2, 0.25) is 5.95 Å². The number of rotatable bonds is 4. The number of anilines is 1. The number of nitrogens with zero attached hydrogens (tertiary/aromatic N) is 5. The summed E-state index contributed by atoms with van der Waals surface area (Å²) in [6, 6.07) is 2.14. The molecule has 0 radical (unpaired) electrons. The molecule has 1 fully saturated rings. The maximum Gasteiger partial charge on any atom is 0.226 e. The van der Waals surface area contributed by atoms with Gasteiger partial charge in [-0.1, -0.05) is 0 Å². The number of hydrogen-bond donors (Lipinski definition) is 0. The van der Waals surface area contributed by atoms with E-state index in [0.29, 0.717) is 12.0 Å². The zero-order chi connectivity index (χ0) is 15.7. The fourth-order valence-corrected chi connectivity index (χ4v) is 3.04. The first-order valence-electron chi connectivity index (χ1n) is 7.63. The average molecular weight is 299 g/mol. The van der Waals surface area contributed by atoms with E-state index in [-0.39, 0.29) is 11.8 Å². The van der Waals surface area contributed by atoms with Gasteiger partial charge in [-0.2, -0.15) is 5.10 Å². The summed E-state index contributed by atoms with van der Waals surface area (Å²) >= 11 is 0. The number of hydrogen-bond acceptors (Lipinski definition) is 5. The van der Waals surface area contributed by atoms with Gasteiger partial charge in [-0.15, -0.1) is 0 Å². The van der Waals surface area contributed by atoms with Crippen LogP contribution in [-0.2, 0) is 7.05 Å². The van der Waals surface area contributed by atoms with Gasteiger partial charge in [0.05, 0.1) is 11.8 Å². The highest BCUT2D eigenvalue weighted by molar-refractivity contribution is 5.96. The van der Waals surface area contributed by atoms with Crippen molar-refractivity contribution >= 4 is 11.7 Å². The summed E-state index contributed by atoms with van der Waals surface area (Å²) in [5.74, 6) is 0.883. The number of Topliss-reactive ketones (excluding diaryl/α,β-unsaturated/α-hetero) is 1. The Morgan fingerprint density at radius 3 is 2.68 bits per heavy atom. The van der Waals surface area contributed by atoms with Gasteiger partial charge in [0.15, 0.2) is 5.78 Å². The van der Waals surface area contributed by atoms with E-state index in [1.807, 2.05) is 27.0 Å². The molecule has 22 heavy (non-hydrogen) atoms. The van der Waals surface area contributed by atoms with E-state index in [4.69, 9.17) is 0 Å². The van der Waals surface area contributed by atoms with E-state index in [0.717, 1.165) is 36.7 Å². The molecule has 2 aromatic heterocycles. The van der Waals surface area contributed by atoms with Crippen LogP contribution in [0.15, 0.2) is 18.5 Å². The molecule has 0 saturated carbocycles. The summed E-state index contributed by atoms with van der Waals surface area (Å²) < 4.78 is 1.66. The van der Waals surface area contributed by atoms with Crippen LogP contribution in [0.5, 0.6) is 0 Å². The summed E-state index contributed by atoms with van der Waals surface area (Å²) in [6.07, 6.45) is 5.97. The van der Waals surface area contributed by atoms with Crippen molar-refractivity contribution in [2.45, 2.75) is 39.2 Å². The SMILES string of the molecule is Cc1cc(C)nc(N2CCCC2CC(=O)c2cnn(C)c2)n1. The molecule has 0 aromatic carbocycles. The molecule has 116 valence electrons. The number of aromatic nitrogens is 4.